The van der Waals surface area contributed by atoms with E-state index in [1.54, 1.807) is 0 Å². The summed E-state index contributed by atoms with van der Waals surface area (Å²) >= 11 is 0. The highest BCUT2D eigenvalue weighted by Gasteiger charge is 2.30. The first kappa shape index (κ1) is 14.8. The Kier molecular flexibility index (Phi) is 3.57. The molecule has 0 fully saturated rings. The number of alkyl halides is 3. The lowest BCUT2D eigenvalue weighted by Crippen LogP contribution is -2.17. The molecular formula is C11H7F3N6O3. The van der Waals surface area contributed by atoms with E-state index < -0.39 is 6.36 Å². The summed E-state index contributed by atoms with van der Waals surface area (Å²) in [4.78, 5) is 7.90. The maximum Gasteiger partial charge on any atom is 0.573 e. The average molecular weight is 328 g/mol. The van der Waals surface area contributed by atoms with Crippen molar-refractivity contribution in [3.63, 3.8) is 0 Å². The maximum absolute atomic E-state index is 12.1. The minimum atomic E-state index is -4.76. The number of rotatable bonds is 4. The summed E-state index contributed by atoms with van der Waals surface area (Å²) in [7, 11) is 0. The van der Waals surface area contributed by atoms with Crippen LogP contribution in [0.15, 0.2) is 28.9 Å². The Labute approximate surface area is 125 Å². The van der Waals surface area contributed by atoms with Crippen LogP contribution in [0.4, 0.5) is 30.5 Å². The molecule has 0 radical (unpaired) electrons. The molecule has 0 bridgehead atoms. The number of nitrogens with zero attached hydrogens (tertiary/aromatic N) is 4. The molecule has 3 N–H and O–H groups in total. The standard InChI is InChI=1S/C11H7F3N6O3/c12-11(13,14)22-6-3-1-5(2-4-6)15-7-8(18-21)17-10-9(16-7)19-23-20-10/h1-4,21H,(H,15,16,19)(H,17,18,20). The zero-order valence-corrected chi connectivity index (χ0v) is 11.0. The van der Waals surface area contributed by atoms with Crippen molar-refractivity contribution in [1.29, 1.82) is 0 Å². The molecule has 2 aromatic heterocycles. The van der Waals surface area contributed by atoms with Gasteiger partial charge in [-0.2, -0.15) is 4.98 Å². The lowest BCUT2D eigenvalue weighted by atomic mass is 10.3. The number of hydrogen-bond donors (Lipinski definition) is 3. The Morgan fingerprint density at radius 3 is 2.17 bits per heavy atom. The van der Waals surface area contributed by atoms with E-state index in [2.05, 4.69) is 35.0 Å². The summed E-state index contributed by atoms with van der Waals surface area (Å²) in [5.74, 6) is -0.366. The fourth-order valence-corrected chi connectivity index (χ4v) is 1.68. The molecule has 1 aromatic carbocycles. The molecule has 0 aliphatic carbocycles. The Morgan fingerprint density at radius 1 is 1.00 bits per heavy atom. The topological polar surface area (TPSA) is 118 Å². The van der Waals surface area contributed by atoms with Crippen LogP contribution in [0.1, 0.15) is 0 Å². The second kappa shape index (κ2) is 5.57. The molecule has 3 rings (SSSR count). The Bertz CT molecular complexity index is 820. The van der Waals surface area contributed by atoms with Gasteiger partial charge in [0.15, 0.2) is 11.6 Å². The monoisotopic (exact) mass is 328 g/mol. The predicted molar refractivity (Wildman–Crippen MR) is 69.2 cm³/mol. The number of aromatic nitrogens is 4. The van der Waals surface area contributed by atoms with Gasteiger partial charge in [0.1, 0.15) is 5.75 Å². The molecule has 120 valence electrons. The Morgan fingerprint density at radius 2 is 1.61 bits per heavy atom. The summed E-state index contributed by atoms with van der Waals surface area (Å²) in [6.07, 6.45) is -4.76. The zero-order valence-electron chi connectivity index (χ0n) is 11.0. The quantitative estimate of drug-likeness (QED) is 0.620. The van der Waals surface area contributed by atoms with Crippen LogP contribution in [-0.2, 0) is 0 Å². The summed E-state index contributed by atoms with van der Waals surface area (Å²) < 4.78 is 44.5. The third kappa shape index (κ3) is 3.37. The normalized spacial score (nSPS) is 11.5. The molecule has 0 atom stereocenters. The molecule has 0 aliphatic rings. The molecule has 0 spiro atoms. The second-order valence-electron chi connectivity index (χ2n) is 4.14. The molecule has 2 heterocycles. The van der Waals surface area contributed by atoms with Gasteiger partial charge in [-0.3, -0.25) is 5.21 Å². The van der Waals surface area contributed by atoms with E-state index in [0.717, 1.165) is 12.1 Å². The van der Waals surface area contributed by atoms with Crippen LogP contribution >= 0.6 is 0 Å². The number of ether oxygens (including phenoxy) is 1. The predicted octanol–water partition coefficient (Wildman–Crippen LogP) is 2.46. The lowest BCUT2D eigenvalue weighted by Gasteiger charge is -2.11. The number of nitrogens with one attached hydrogen (secondary N) is 2. The van der Waals surface area contributed by atoms with Crippen molar-refractivity contribution in [2.75, 3.05) is 10.8 Å². The van der Waals surface area contributed by atoms with Gasteiger partial charge in [-0.05, 0) is 34.6 Å². The molecule has 12 heteroatoms. The first-order valence-electron chi connectivity index (χ1n) is 5.98. The SMILES string of the molecule is ONc1nc2nonc2nc1Nc1ccc(OC(F)(F)F)cc1. The average Bonchev–Trinajstić information content (AvgIpc) is 2.94. The largest absolute Gasteiger partial charge is 0.573 e. The van der Waals surface area contributed by atoms with Crippen molar-refractivity contribution in [1.82, 2.24) is 20.3 Å². The van der Waals surface area contributed by atoms with Gasteiger partial charge in [-0.15, -0.1) is 13.2 Å². The van der Waals surface area contributed by atoms with Crippen LogP contribution in [0.3, 0.4) is 0 Å². The van der Waals surface area contributed by atoms with Crippen LogP contribution in [0.5, 0.6) is 5.75 Å². The first-order chi connectivity index (χ1) is 10.9. The highest BCUT2D eigenvalue weighted by molar-refractivity contribution is 5.75. The fraction of sp³-hybridized carbons (Fsp3) is 0.0909. The molecule has 9 nitrogen and oxygen atoms in total. The number of benzene rings is 1. The van der Waals surface area contributed by atoms with Gasteiger partial charge < -0.3 is 10.1 Å². The van der Waals surface area contributed by atoms with Gasteiger partial charge in [0.25, 0.3) is 0 Å². The fourth-order valence-electron chi connectivity index (χ4n) is 1.68. The van der Waals surface area contributed by atoms with E-state index in [-0.39, 0.29) is 28.7 Å². The molecule has 0 aliphatic heterocycles. The van der Waals surface area contributed by atoms with Crippen LogP contribution < -0.4 is 15.5 Å². The third-order valence-electron chi connectivity index (χ3n) is 2.57. The van der Waals surface area contributed by atoms with E-state index >= 15 is 0 Å². The summed E-state index contributed by atoms with van der Waals surface area (Å²) in [5, 5.41) is 18.8. The van der Waals surface area contributed by atoms with Crippen molar-refractivity contribution in [3.05, 3.63) is 24.3 Å². The maximum atomic E-state index is 12.1. The van der Waals surface area contributed by atoms with Gasteiger partial charge in [0.05, 0.1) is 0 Å². The van der Waals surface area contributed by atoms with Gasteiger partial charge in [0, 0.05) is 5.69 Å². The van der Waals surface area contributed by atoms with Gasteiger partial charge in [-0.1, -0.05) is 0 Å². The van der Waals surface area contributed by atoms with Gasteiger partial charge in [-0.25, -0.2) is 15.1 Å². The summed E-state index contributed by atoms with van der Waals surface area (Å²) in [6.45, 7) is 0. The molecule has 0 saturated carbocycles. The number of fused-ring (bicyclic) bond motifs is 1. The van der Waals surface area contributed by atoms with E-state index in [9.17, 15) is 13.2 Å². The van der Waals surface area contributed by atoms with Gasteiger partial charge in [0.2, 0.25) is 11.3 Å². The second-order valence-corrected chi connectivity index (χ2v) is 4.14. The number of hydrogen-bond acceptors (Lipinski definition) is 9. The third-order valence-corrected chi connectivity index (χ3v) is 2.57. The van der Waals surface area contributed by atoms with E-state index in [1.807, 2.05) is 5.48 Å². The van der Waals surface area contributed by atoms with Crippen LogP contribution in [0.25, 0.3) is 11.3 Å². The number of anilines is 3. The molecule has 23 heavy (non-hydrogen) atoms. The Hall–Kier alpha value is -3.15. The molecule has 0 saturated heterocycles. The molecule has 3 aromatic rings. The van der Waals surface area contributed by atoms with E-state index in [4.69, 9.17) is 5.21 Å². The zero-order chi connectivity index (χ0) is 16.4. The van der Waals surface area contributed by atoms with Crippen LogP contribution in [-0.4, -0.2) is 31.9 Å². The minimum Gasteiger partial charge on any atom is -0.406 e. The van der Waals surface area contributed by atoms with Crippen molar-refractivity contribution in [2.45, 2.75) is 6.36 Å². The van der Waals surface area contributed by atoms with Crippen LogP contribution in [0, 0.1) is 0 Å². The van der Waals surface area contributed by atoms with E-state index in [1.165, 1.54) is 12.1 Å². The van der Waals surface area contributed by atoms with Crippen molar-refractivity contribution >= 4 is 28.6 Å². The highest BCUT2D eigenvalue weighted by Crippen LogP contribution is 2.27. The smallest absolute Gasteiger partial charge is 0.406 e. The van der Waals surface area contributed by atoms with Gasteiger partial charge >= 0.3 is 6.36 Å². The van der Waals surface area contributed by atoms with Crippen LogP contribution in [0.2, 0.25) is 0 Å². The lowest BCUT2D eigenvalue weighted by molar-refractivity contribution is -0.274. The molecular weight excluding hydrogens is 321 g/mol. The van der Waals surface area contributed by atoms with Crippen molar-refractivity contribution in [3.8, 4) is 5.75 Å². The van der Waals surface area contributed by atoms with Crippen molar-refractivity contribution < 1.29 is 27.7 Å². The first-order valence-corrected chi connectivity index (χ1v) is 5.98. The Balaban J connectivity index is 1.84. The summed E-state index contributed by atoms with van der Waals surface area (Å²) in [5.41, 5.74) is 2.35. The number of halogens is 3. The summed E-state index contributed by atoms with van der Waals surface area (Å²) in [6, 6.07) is 4.89. The van der Waals surface area contributed by atoms with Crippen molar-refractivity contribution in [2.24, 2.45) is 0 Å². The molecule has 0 unspecified atom stereocenters. The minimum absolute atomic E-state index is 0.0659. The highest BCUT2D eigenvalue weighted by atomic mass is 19.4. The van der Waals surface area contributed by atoms with E-state index in [0.29, 0.717) is 5.69 Å². The molecule has 0 amide bonds.